The Bertz CT molecular complexity index is 480. The minimum Gasteiger partial charge on any atom is -0.478 e. The van der Waals surface area contributed by atoms with Gasteiger partial charge in [-0.05, 0) is 24.6 Å². The summed E-state index contributed by atoms with van der Waals surface area (Å²) in [5.41, 5.74) is 6.87. The molecule has 0 radical (unpaired) electrons. The number of carbonyl (C=O) groups excluding carboxylic acids is 1. The van der Waals surface area contributed by atoms with Gasteiger partial charge in [-0.25, -0.2) is 4.79 Å². The highest BCUT2D eigenvalue weighted by atomic mass is 16.5. The van der Waals surface area contributed by atoms with Crippen LogP contribution in [0.3, 0.4) is 0 Å². The average molecular weight is 249 g/mol. The molecule has 0 aliphatic carbocycles. The fourth-order valence-electron chi connectivity index (χ4n) is 1.36. The number of hydrogen-bond acceptors (Lipinski definition) is 4. The van der Waals surface area contributed by atoms with E-state index in [1.54, 1.807) is 25.1 Å². The molecule has 1 rings (SSSR count). The zero-order valence-electron chi connectivity index (χ0n) is 10.1. The maximum atomic E-state index is 11.1. The van der Waals surface area contributed by atoms with Gasteiger partial charge in [0.2, 0.25) is 0 Å². The third kappa shape index (κ3) is 3.93. The summed E-state index contributed by atoms with van der Waals surface area (Å²) in [4.78, 5) is 21.8. The largest absolute Gasteiger partial charge is 0.478 e. The van der Waals surface area contributed by atoms with Crippen molar-refractivity contribution in [3.63, 3.8) is 0 Å². The lowest BCUT2D eigenvalue weighted by Crippen LogP contribution is -2.01. The lowest BCUT2D eigenvalue weighted by atomic mass is 10.1. The van der Waals surface area contributed by atoms with Crippen molar-refractivity contribution in [2.24, 2.45) is 0 Å². The van der Waals surface area contributed by atoms with Crippen LogP contribution in [0, 0.1) is 0 Å². The van der Waals surface area contributed by atoms with Gasteiger partial charge in [0, 0.05) is 5.69 Å². The van der Waals surface area contributed by atoms with Crippen molar-refractivity contribution in [3.05, 3.63) is 35.4 Å². The number of nitrogens with two attached hydrogens (primary N) is 1. The van der Waals surface area contributed by atoms with Gasteiger partial charge in [0.15, 0.2) is 0 Å². The average Bonchev–Trinajstić information content (AvgIpc) is 2.31. The second-order valence-electron chi connectivity index (χ2n) is 3.56. The van der Waals surface area contributed by atoms with E-state index in [-0.39, 0.29) is 18.0 Å². The Kier molecular flexibility index (Phi) is 4.92. The number of carboxylic acids is 1. The third-order valence-electron chi connectivity index (χ3n) is 2.22. The zero-order chi connectivity index (χ0) is 13.5. The maximum Gasteiger partial charge on any atom is 0.335 e. The van der Waals surface area contributed by atoms with Gasteiger partial charge in [0.25, 0.3) is 0 Å². The van der Waals surface area contributed by atoms with Crippen LogP contribution in [0.4, 0.5) is 5.69 Å². The Morgan fingerprint density at radius 3 is 2.72 bits per heavy atom. The monoisotopic (exact) mass is 249 g/mol. The number of hydrogen-bond donors (Lipinski definition) is 2. The number of rotatable bonds is 5. The van der Waals surface area contributed by atoms with Crippen molar-refractivity contribution >= 4 is 23.7 Å². The quantitative estimate of drug-likeness (QED) is 0.614. The van der Waals surface area contributed by atoms with Gasteiger partial charge in [0.1, 0.15) is 0 Å². The van der Waals surface area contributed by atoms with Crippen LogP contribution >= 0.6 is 0 Å². The van der Waals surface area contributed by atoms with E-state index < -0.39 is 5.97 Å². The van der Waals surface area contributed by atoms with Crippen LogP contribution < -0.4 is 5.73 Å². The fourth-order valence-corrected chi connectivity index (χ4v) is 1.36. The predicted octanol–water partition coefficient (Wildman–Crippen LogP) is 1.93. The third-order valence-corrected chi connectivity index (χ3v) is 2.22. The molecule has 3 N–H and O–H groups in total. The molecule has 0 heterocycles. The molecule has 0 amide bonds. The summed E-state index contributed by atoms with van der Waals surface area (Å²) < 4.78 is 4.76. The van der Waals surface area contributed by atoms with Crippen molar-refractivity contribution in [2.45, 2.75) is 13.3 Å². The minimum atomic E-state index is -1.02. The van der Waals surface area contributed by atoms with Gasteiger partial charge in [-0.15, -0.1) is 0 Å². The second kappa shape index (κ2) is 6.44. The number of ether oxygens (including phenoxy) is 1. The molecule has 1 aromatic rings. The molecule has 5 nitrogen and oxygen atoms in total. The first kappa shape index (κ1) is 13.8. The van der Waals surface area contributed by atoms with Gasteiger partial charge in [-0.2, -0.15) is 0 Å². The van der Waals surface area contributed by atoms with Crippen molar-refractivity contribution < 1.29 is 19.4 Å². The number of benzene rings is 1. The Hall–Kier alpha value is -2.30. The van der Waals surface area contributed by atoms with Gasteiger partial charge in [-0.3, -0.25) is 4.79 Å². The van der Waals surface area contributed by atoms with E-state index in [0.29, 0.717) is 17.9 Å². The molecule has 0 bridgehead atoms. The van der Waals surface area contributed by atoms with E-state index in [1.165, 1.54) is 12.1 Å². The molecule has 0 unspecified atom stereocenters. The van der Waals surface area contributed by atoms with Crippen molar-refractivity contribution in [1.29, 1.82) is 0 Å². The molecule has 0 spiro atoms. The van der Waals surface area contributed by atoms with E-state index >= 15 is 0 Å². The number of nitrogen functional groups attached to an aromatic ring is 1. The summed E-state index contributed by atoms with van der Waals surface area (Å²) in [6, 6.07) is 4.44. The number of aromatic carboxylic acids is 1. The van der Waals surface area contributed by atoms with Crippen LogP contribution in [0.5, 0.6) is 0 Å². The number of carboxylic acid groups (broad SMARTS) is 1. The van der Waals surface area contributed by atoms with Crippen molar-refractivity contribution in [2.75, 3.05) is 12.3 Å². The fraction of sp³-hybridized carbons (Fsp3) is 0.231. The Balaban J connectivity index is 2.71. The molecule has 0 fully saturated rings. The van der Waals surface area contributed by atoms with Gasteiger partial charge in [-0.1, -0.05) is 18.2 Å². The Morgan fingerprint density at radius 1 is 1.44 bits per heavy atom. The van der Waals surface area contributed by atoms with Gasteiger partial charge < -0.3 is 15.6 Å². The molecular weight excluding hydrogens is 234 g/mol. The summed E-state index contributed by atoms with van der Waals surface area (Å²) in [7, 11) is 0. The highest BCUT2D eigenvalue weighted by molar-refractivity contribution is 5.89. The maximum absolute atomic E-state index is 11.1. The van der Waals surface area contributed by atoms with Crippen molar-refractivity contribution in [1.82, 2.24) is 0 Å². The predicted molar refractivity (Wildman–Crippen MR) is 68.1 cm³/mol. The minimum absolute atomic E-state index is 0.134. The van der Waals surface area contributed by atoms with E-state index in [1.807, 2.05) is 0 Å². The zero-order valence-corrected chi connectivity index (χ0v) is 10.1. The summed E-state index contributed by atoms with van der Waals surface area (Å²) in [6.45, 7) is 2.09. The van der Waals surface area contributed by atoms with Crippen LogP contribution in [0.15, 0.2) is 24.3 Å². The molecule has 18 heavy (non-hydrogen) atoms. The number of carbonyl (C=O) groups is 2. The van der Waals surface area contributed by atoms with E-state index in [4.69, 9.17) is 15.6 Å². The normalized spacial score (nSPS) is 10.5. The van der Waals surface area contributed by atoms with Gasteiger partial charge >= 0.3 is 11.9 Å². The lowest BCUT2D eigenvalue weighted by molar-refractivity contribution is -0.142. The molecule has 0 aliphatic rings. The van der Waals surface area contributed by atoms with Crippen molar-refractivity contribution in [3.8, 4) is 0 Å². The van der Waals surface area contributed by atoms with E-state index in [2.05, 4.69) is 0 Å². The summed E-state index contributed by atoms with van der Waals surface area (Å²) >= 11 is 0. The van der Waals surface area contributed by atoms with Gasteiger partial charge in [0.05, 0.1) is 18.6 Å². The first-order chi connectivity index (χ1) is 8.54. The molecular formula is C13H15NO4. The summed E-state index contributed by atoms with van der Waals surface area (Å²) in [5, 5.41) is 8.77. The molecule has 96 valence electrons. The molecule has 1 aromatic carbocycles. The summed E-state index contributed by atoms with van der Waals surface area (Å²) in [5.74, 6) is -1.33. The Morgan fingerprint density at radius 2 is 2.17 bits per heavy atom. The van der Waals surface area contributed by atoms with E-state index in [9.17, 15) is 9.59 Å². The molecule has 0 aliphatic heterocycles. The number of esters is 1. The van der Waals surface area contributed by atoms with E-state index in [0.717, 1.165) is 0 Å². The first-order valence-corrected chi connectivity index (χ1v) is 5.49. The van der Waals surface area contributed by atoms with Crippen LogP contribution in [-0.4, -0.2) is 23.7 Å². The topological polar surface area (TPSA) is 89.6 Å². The highest BCUT2D eigenvalue weighted by Crippen LogP contribution is 2.16. The van der Waals surface area contributed by atoms with Crippen LogP contribution in [-0.2, 0) is 9.53 Å². The highest BCUT2D eigenvalue weighted by Gasteiger charge is 2.04. The van der Waals surface area contributed by atoms with Crippen LogP contribution in [0.2, 0.25) is 0 Å². The molecule has 0 saturated carbocycles. The standard InChI is InChI=1S/C13H15NO4/c1-2-18-12(15)5-3-4-9-6-7-10(13(16)17)8-11(9)14/h3-4,6-8H,2,5,14H2,1H3,(H,16,17). The van der Waals surface area contributed by atoms with Crippen LogP contribution in [0.25, 0.3) is 6.08 Å². The van der Waals surface area contributed by atoms with Crippen LogP contribution in [0.1, 0.15) is 29.3 Å². The smallest absolute Gasteiger partial charge is 0.335 e. The summed E-state index contributed by atoms with van der Waals surface area (Å²) in [6.07, 6.45) is 3.45. The second-order valence-corrected chi connectivity index (χ2v) is 3.56. The molecule has 0 atom stereocenters. The first-order valence-electron chi connectivity index (χ1n) is 5.49. The lowest BCUT2D eigenvalue weighted by Gasteiger charge is -2.02. The number of anilines is 1. The Labute approximate surface area is 105 Å². The molecule has 0 saturated heterocycles. The SMILES string of the molecule is CCOC(=O)CC=Cc1ccc(C(=O)O)cc1N. The molecule has 5 heteroatoms. The molecule has 0 aromatic heterocycles.